The Labute approximate surface area is 552 Å². The van der Waals surface area contributed by atoms with E-state index >= 15 is 0 Å². The molecule has 0 saturated heterocycles. The van der Waals surface area contributed by atoms with Crippen molar-refractivity contribution < 1.29 is 52.3 Å². The maximum atomic E-state index is 12.6. The number of ether oxygens (including phenoxy) is 7. The van der Waals surface area contributed by atoms with Crippen LogP contribution in [0, 0.1) is 0 Å². The molecule has 8 aromatic rings. The van der Waals surface area contributed by atoms with Crippen LogP contribution in [0.25, 0.3) is 33.6 Å². The van der Waals surface area contributed by atoms with Crippen molar-refractivity contribution in [2.45, 2.75) is 132 Å². The molecule has 0 fully saturated rings. The zero-order valence-electron chi connectivity index (χ0n) is 52.6. The molecule has 2 aromatic heterocycles. The lowest BCUT2D eigenvalue weighted by Gasteiger charge is -2.19. The molecule has 0 spiro atoms. The Hall–Kier alpha value is -7.77. The predicted molar refractivity (Wildman–Crippen MR) is 357 cm³/mol. The molecule has 22 heteroatoms. The van der Waals surface area contributed by atoms with Gasteiger partial charge in [-0.15, -0.1) is 22.6 Å². The van der Waals surface area contributed by atoms with Gasteiger partial charge in [0.25, 0.3) is 5.91 Å². The molecule has 0 saturated carbocycles. The smallest absolute Gasteiger partial charge is 0.338 e. The van der Waals surface area contributed by atoms with Gasteiger partial charge in [-0.05, 0) is 210 Å². The summed E-state index contributed by atoms with van der Waals surface area (Å²) in [5.41, 5.74) is 9.06. The van der Waals surface area contributed by atoms with Crippen LogP contribution in [0.4, 0.5) is 0 Å². The lowest BCUT2D eigenvalue weighted by molar-refractivity contribution is -0.155. The molecule has 0 atom stereocenters. The van der Waals surface area contributed by atoms with E-state index in [1.165, 1.54) is 0 Å². The average Bonchev–Trinajstić information content (AvgIpc) is 1.80. The van der Waals surface area contributed by atoms with E-state index in [2.05, 4.69) is 15.5 Å². The van der Waals surface area contributed by atoms with E-state index in [1.807, 2.05) is 130 Å². The van der Waals surface area contributed by atoms with Gasteiger partial charge in [0.05, 0.1) is 53.1 Å². The van der Waals surface area contributed by atoms with Gasteiger partial charge in [0.2, 0.25) is 11.8 Å². The normalized spacial score (nSPS) is 11.2. The van der Waals surface area contributed by atoms with Gasteiger partial charge in [-0.3, -0.25) is 14.4 Å². The van der Waals surface area contributed by atoms with Crippen LogP contribution in [0.15, 0.2) is 146 Å². The van der Waals surface area contributed by atoms with Gasteiger partial charge in [0.1, 0.15) is 39.8 Å². The molecule has 0 bridgehead atoms. The third-order valence-corrected chi connectivity index (χ3v) is 12.4. The lowest BCUT2D eigenvalue weighted by atomic mass is 10.1. The van der Waals surface area contributed by atoms with Gasteiger partial charge in [-0.25, -0.2) is 14.2 Å². The summed E-state index contributed by atoms with van der Waals surface area (Å²) in [5, 5.41) is 14.0. The highest BCUT2D eigenvalue weighted by Crippen LogP contribution is 2.37. The number of benzene rings is 6. The minimum absolute atomic E-state index is 0. The number of nitrogens with two attached hydrogens (primary N) is 1. The first-order valence-electron chi connectivity index (χ1n) is 28.7. The lowest BCUT2D eigenvalue weighted by Crippen LogP contribution is -2.29. The summed E-state index contributed by atoms with van der Waals surface area (Å²) >= 11 is 24.9. The number of hydrogen-bond donors (Lipinski definition) is 2. The molecule has 90 heavy (non-hydrogen) atoms. The quantitative estimate of drug-likeness (QED) is 0.0571. The Kier molecular flexibility index (Phi) is 26.6. The fourth-order valence-corrected chi connectivity index (χ4v) is 9.05. The van der Waals surface area contributed by atoms with E-state index in [0.717, 1.165) is 33.8 Å². The van der Waals surface area contributed by atoms with E-state index < -0.39 is 17.2 Å². The number of hydrogen-bond acceptors (Lipinski definition) is 14. The minimum Gasteiger partial charge on any atom is -0.491 e. The average molecular weight is 1330 g/mol. The van der Waals surface area contributed by atoms with Crippen LogP contribution >= 0.6 is 58.8 Å². The van der Waals surface area contributed by atoms with Gasteiger partial charge < -0.3 is 44.2 Å². The molecule has 0 aliphatic carbocycles. The second-order valence-electron chi connectivity index (χ2n) is 23.7. The van der Waals surface area contributed by atoms with Gasteiger partial charge in [-0.2, -0.15) is 0 Å². The van der Waals surface area contributed by atoms with Crippen molar-refractivity contribution in [2.75, 3.05) is 13.1 Å². The van der Waals surface area contributed by atoms with E-state index in [0.29, 0.717) is 78.8 Å². The first kappa shape index (κ1) is 73.0. The monoisotopic (exact) mass is 1330 g/mol. The van der Waals surface area contributed by atoms with Crippen molar-refractivity contribution in [3.63, 3.8) is 0 Å². The molecule has 2 heterocycles. The summed E-state index contributed by atoms with van der Waals surface area (Å²) in [7, 11) is 0. The van der Waals surface area contributed by atoms with Crippen LogP contribution in [-0.4, -0.2) is 85.5 Å². The molecule has 0 aliphatic heterocycles. The van der Waals surface area contributed by atoms with Crippen molar-refractivity contribution in [3.8, 4) is 68.4 Å². The van der Waals surface area contributed by atoms with Gasteiger partial charge in [0, 0.05) is 51.1 Å². The number of carbonyl (C=O) groups excluding carboxylic acids is 4. The van der Waals surface area contributed by atoms with Crippen molar-refractivity contribution in [1.29, 1.82) is 0 Å². The summed E-state index contributed by atoms with van der Waals surface area (Å²) in [6.07, 6.45) is 4.20. The Morgan fingerprint density at radius 2 is 0.833 bits per heavy atom. The first-order valence-corrected chi connectivity index (χ1v) is 30.2. The van der Waals surface area contributed by atoms with Crippen molar-refractivity contribution >= 4 is 82.6 Å². The number of halogens is 5. The van der Waals surface area contributed by atoms with Crippen molar-refractivity contribution in [3.05, 3.63) is 177 Å². The third kappa shape index (κ3) is 24.2. The molecule has 1 amide bonds. The summed E-state index contributed by atoms with van der Waals surface area (Å²) in [4.78, 5) is 47.6. The maximum Gasteiger partial charge on any atom is 0.338 e. The van der Waals surface area contributed by atoms with Gasteiger partial charge in [0.15, 0.2) is 0 Å². The van der Waals surface area contributed by atoms with E-state index in [-0.39, 0.29) is 61.0 Å². The number of aromatic nitrogens is 4. The van der Waals surface area contributed by atoms with Crippen LogP contribution < -0.4 is 30.0 Å². The largest absolute Gasteiger partial charge is 0.491 e. The highest BCUT2D eigenvalue weighted by atomic mass is 35.5. The van der Waals surface area contributed by atoms with E-state index in [1.54, 1.807) is 115 Å². The molecular formula is C68H77Cl5N6O11. The molecule has 3 N–H and O–H groups in total. The summed E-state index contributed by atoms with van der Waals surface area (Å²) in [5.74, 6) is 1.94. The number of carbonyl (C=O) groups is 4. The topological polar surface area (TPSA) is 207 Å². The molecule has 6 aromatic carbocycles. The maximum absolute atomic E-state index is 12.6. The number of amides is 1. The first-order chi connectivity index (χ1) is 41.8. The van der Waals surface area contributed by atoms with Crippen LogP contribution in [0.5, 0.6) is 34.8 Å². The Bertz CT molecular complexity index is 3620. The van der Waals surface area contributed by atoms with Gasteiger partial charge in [-0.1, -0.05) is 70.7 Å². The van der Waals surface area contributed by atoms with Crippen LogP contribution in [-0.2, 0) is 23.8 Å². The minimum atomic E-state index is -0.576. The highest BCUT2D eigenvalue weighted by molar-refractivity contribution is 6.35. The number of nitrogens with one attached hydrogen (secondary N) is 1. The summed E-state index contributed by atoms with van der Waals surface area (Å²) in [6.45, 7) is 24.8. The van der Waals surface area contributed by atoms with Crippen molar-refractivity contribution in [1.82, 2.24) is 24.9 Å². The zero-order chi connectivity index (χ0) is 65.4. The summed E-state index contributed by atoms with van der Waals surface area (Å²) < 4.78 is 42.9. The SMILES string of the molecule is CC(C)(C)OC(=O)CCN.CC(C)Oc1ccc(-c2cn(-c3cc(Cl)cc(Cl)c3)nc2Oc2ccc(C(=O)NCCC(=O)OC(C)(C)C)cc2)cc1.CC(C)Oc1ccc(-c2cn(-c3cc(Cl)cc(Cl)c3)nc2Oc2ccc(C(=O)OC(C)(C)C)cc2)cc1.Cl. The van der Waals surface area contributed by atoms with Crippen molar-refractivity contribution in [2.24, 2.45) is 5.73 Å². The van der Waals surface area contributed by atoms with Crippen LogP contribution in [0.2, 0.25) is 20.1 Å². The molecule has 8 rings (SSSR count). The number of nitrogens with zero attached hydrogens (tertiary/aromatic N) is 4. The second kappa shape index (κ2) is 32.8. The fourth-order valence-electron chi connectivity index (χ4n) is 8.02. The van der Waals surface area contributed by atoms with Crippen LogP contribution in [0.1, 0.15) is 124 Å². The van der Waals surface area contributed by atoms with Gasteiger partial charge >= 0.3 is 17.9 Å². The van der Waals surface area contributed by atoms with E-state index in [4.69, 9.17) is 85.3 Å². The molecule has 480 valence electrons. The molecule has 0 radical (unpaired) electrons. The van der Waals surface area contributed by atoms with E-state index in [9.17, 15) is 19.2 Å². The Morgan fingerprint density at radius 1 is 0.489 bits per heavy atom. The van der Waals surface area contributed by atoms with Crippen LogP contribution in [0.3, 0.4) is 0 Å². The highest BCUT2D eigenvalue weighted by Gasteiger charge is 2.22. The molecule has 0 aliphatic rings. The number of esters is 3. The Balaban J connectivity index is 0.000000283. The number of rotatable bonds is 19. The molecule has 0 unspecified atom stereocenters. The second-order valence-corrected chi connectivity index (χ2v) is 25.4. The molecular weight excluding hydrogens is 1250 g/mol. The predicted octanol–water partition coefficient (Wildman–Crippen LogP) is 17.4. The summed E-state index contributed by atoms with van der Waals surface area (Å²) in [6, 6.07) is 39.1. The third-order valence-electron chi connectivity index (χ3n) is 11.5. The fraction of sp³-hybridized carbons (Fsp3) is 0.324. The Morgan fingerprint density at radius 3 is 1.18 bits per heavy atom. The zero-order valence-corrected chi connectivity index (χ0v) is 56.5. The standard InChI is InChI=1S/C32H33Cl2N3O5.C29H28Cl2N2O4.C7H15NO2.ClH/c1-20(2)40-26-10-6-21(7-11-26)28-19-37(25-17-23(33)16-24(34)18-25)36-31(28)41-27-12-8-22(9-13-27)30(39)35-15-14-29(38)42-32(3,4)5;1-18(2)35-24-10-6-19(7-11-24)26-17-33(23-15-21(30)14-22(31)16-23)32-27(26)36-25-12-8-20(9-13-25)28(34)37-29(3,4)5;1-7(2,3)10-6(9)4-5-8;/h6-13,16-20H,14-15H2,1-5H3,(H,35,39);6-18H,1-5H3;4-5,8H2,1-3H3;1H. The molecule has 17 nitrogen and oxygen atoms in total.